The van der Waals surface area contributed by atoms with Gasteiger partial charge in [-0.25, -0.2) is 9.78 Å². The van der Waals surface area contributed by atoms with E-state index in [4.69, 9.17) is 27.9 Å². The topological polar surface area (TPSA) is 73.2 Å². The lowest BCUT2D eigenvalue weighted by Crippen LogP contribution is -2.30. The second-order valence-corrected chi connectivity index (χ2v) is 7.25. The van der Waals surface area contributed by atoms with Crippen LogP contribution in [0.3, 0.4) is 0 Å². The highest BCUT2D eigenvalue weighted by Gasteiger charge is 2.29. The molecule has 1 aliphatic rings. The summed E-state index contributed by atoms with van der Waals surface area (Å²) in [4.78, 5) is 28.7. The molecule has 0 aromatic carbocycles. The molecular formula is C18H19Cl2N3O3. The summed E-state index contributed by atoms with van der Waals surface area (Å²) in [7, 11) is 0. The van der Waals surface area contributed by atoms with Crippen molar-refractivity contribution >= 4 is 40.9 Å². The van der Waals surface area contributed by atoms with Crippen LogP contribution in [0.15, 0.2) is 18.3 Å². The molecule has 26 heavy (non-hydrogen) atoms. The highest BCUT2D eigenvalue weighted by molar-refractivity contribution is 6.36. The standard InChI is InChI=1S/C18H19Cl2N3O3/c1-9-6-14(10(2)23(9)13-4-5-13)18(25)26-11(3)17(24)22-16-15(20)7-12(19)8-21-16/h6-8,11,13H,4-5H2,1-3H3,(H,21,22,24)/t11-/m0/s1. The van der Waals surface area contributed by atoms with Gasteiger partial charge in [0, 0.05) is 23.6 Å². The van der Waals surface area contributed by atoms with Crippen molar-refractivity contribution in [2.24, 2.45) is 0 Å². The van der Waals surface area contributed by atoms with E-state index < -0.39 is 18.0 Å². The minimum absolute atomic E-state index is 0.163. The number of nitrogens with one attached hydrogen (secondary N) is 1. The predicted molar refractivity (Wildman–Crippen MR) is 99.9 cm³/mol. The maximum absolute atomic E-state index is 12.5. The number of halogens is 2. The molecule has 6 nitrogen and oxygen atoms in total. The number of amides is 1. The molecule has 3 rings (SSSR count). The van der Waals surface area contributed by atoms with Gasteiger partial charge in [-0.1, -0.05) is 23.2 Å². The van der Waals surface area contributed by atoms with E-state index in [1.807, 2.05) is 13.8 Å². The van der Waals surface area contributed by atoms with Crippen molar-refractivity contribution in [3.05, 3.63) is 45.3 Å². The van der Waals surface area contributed by atoms with Crippen LogP contribution in [0.5, 0.6) is 0 Å². The summed E-state index contributed by atoms with van der Waals surface area (Å²) >= 11 is 11.8. The third-order valence-corrected chi connectivity index (χ3v) is 4.81. The lowest BCUT2D eigenvalue weighted by Gasteiger charge is -2.14. The molecule has 0 aliphatic heterocycles. The van der Waals surface area contributed by atoms with E-state index in [1.54, 1.807) is 6.07 Å². The van der Waals surface area contributed by atoms with E-state index in [2.05, 4.69) is 14.9 Å². The van der Waals surface area contributed by atoms with Gasteiger partial charge in [-0.15, -0.1) is 0 Å². The summed E-state index contributed by atoms with van der Waals surface area (Å²) in [6, 6.07) is 3.74. The van der Waals surface area contributed by atoms with Gasteiger partial charge < -0.3 is 14.6 Å². The number of anilines is 1. The van der Waals surface area contributed by atoms with Crippen LogP contribution in [-0.4, -0.2) is 27.5 Å². The fraction of sp³-hybridized carbons (Fsp3) is 0.389. The van der Waals surface area contributed by atoms with Gasteiger partial charge in [0.15, 0.2) is 11.9 Å². The molecule has 8 heteroatoms. The molecule has 2 aromatic heterocycles. The summed E-state index contributed by atoms with van der Waals surface area (Å²) in [5.41, 5.74) is 2.37. The second kappa shape index (κ2) is 7.29. The van der Waals surface area contributed by atoms with Gasteiger partial charge in [-0.05, 0) is 45.7 Å². The van der Waals surface area contributed by atoms with E-state index in [-0.39, 0.29) is 10.8 Å². The van der Waals surface area contributed by atoms with Crippen LogP contribution in [0.1, 0.15) is 47.6 Å². The first-order valence-electron chi connectivity index (χ1n) is 8.29. The molecule has 1 atom stereocenters. The fourth-order valence-corrected chi connectivity index (χ4v) is 3.31. The molecule has 138 valence electrons. The highest BCUT2D eigenvalue weighted by atomic mass is 35.5. The van der Waals surface area contributed by atoms with E-state index in [9.17, 15) is 9.59 Å². The molecule has 0 spiro atoms. The van der Waals surface area contributed by atoms with Crippen LogP contribution in [0.4, 0.5) is 5.82 Å². The first-order valence-corrected chi connectivity index (χ1v) is 9.05. The fourth-order valence-electron chi connectivity index (χ4n) is 2.88. The van der Waals surface area contributed by atoms with Crippen LogP contribution < -0.4 is 5.32 Å². The number of carbonyl (C=O) groups excluding carboxylic acids is 2. The maximum Gasteiger partial charge on any atom is 0.340 e. The summed E-state index contributed by atoms with van der Waals surface area (Å²) in [6.07, 6.45) is 2.61. The summed E-state index contributed by atoms with van der Waals surface area (Å²) < 4.78 is 7.47. The van der Waals surface area contributed by atoms with Crippen LogP contribution in [0, 0.1) is 13.8 Å². The Kier molecular flexibility index (Phi) is 5.25. The number of nitrogens with zero attached hydrogens (tertiary/aromatic N) is 2. The van der Waals surface area contributed by atoms with Crippen molar-refractivity contribution in [1.29, 1.82) is 0 Å². The molecule has 2 aromatic rings. The molecular weight excluding hydrogens is 377 g/mol. The van der Waals surface area contributed by atoms with Crippen molar-refractivity contribution in [3.8, 4) is 0 Å². The van der Waals surface area contributed by atoms with Gasteiger partial charge in [-0.3, -0.25) is 4.79 Å². The number of aryl methyl sites for hydroxylation is 1. The Morgan fingerprint density at radius 3 is 2.62 bits per heavy atom. The zero-order valence-corrected chi connectivity index (χ0v) is 16.2. The normalized spacial score (nSPS) is 14.8. The Hall–Kier alpha value is -2.05. The molecule has 0 saturated heterocycles. The predicted octanol–water partition coefficient (Wildman–Crippen LogP) is 4.33. The Balaban J connectivity index is 1.67. The second-order valence-electron chi connectivity index (χ2n) is 6.41. The van der Waals surface area contributed by atoms with Crippen molar-refractivity contribution in [2.75, 3.05) is 5.32 Å². The molecule has 0 unspecified atom stereocenters. The molecule has 1 N–H and O–H groups in total. The molecule has 1 saturated carbocycles. The largest absolute Gasteiger partial charge is 0.449 e. The molecule has 1 amide bonds. The van der Waals surface area contributed by atoms with E-state index in [0.29, 0.717) is 16.6 Å². The van der Waals surface area contributed by atoms with E-state index in [0.717, 1.165) is 24.2 Å². The Morgan fingerprint density at radius 2 is 2.00 bits per heavy atom. The van der Waals surface area contributed by atoms with Crippen LogP contribution in [-0.2, 0) is 9.53 Å². The van der Waals surface area contributed by atoms with Crippen LogP contribution >= 0.6 is 23.2 Å². The number of rotatable bonds is 5. The molecule has 1 fully saturated rings. The van der Waals surface area contributed by atoms with Crippen molar-refractivity contribution in [1.82, 2.24) is 9.55 Å². The first-order chi connectivity index (χ1) is 12.3. The smallest absolute Gasteiger partial charge is 0.340 e. The Morgan fingerprint density at radius 1 is 1.31 bits per heavy atom. The zero-order valence-electron chi connectivity index (χ0n) is 14.7. The molecule has 2 heterocycles. The maximum atomic E-state index is 12.5. The number of ether oxygens (including phenoxy) is 1. The quantitative estimate of drug-likeness (QED) is 0.764. The number of esters is 1. The molecule has 0 radical (unpaired) electrons. The summed E-state index contributed by atoms with van der Waals surface area (Å²) in [5.74, 6) is -0.884. The first kappa shape index (κ1) is 18.7. The minimum atomic E-state index is -1.000. The summed E-state index contributed by atoms with van der Waals surface area (Å²) in [5, 5.41) is 3.10. The Labute approximate surface area is 161 Å². The van der Waals surface area contributed by atoms with Gasteiger partial charge in [0.25, 0.3) is 5.91 Å². The van der Waals surface area contributed by atoms with E-state index >= 15 is 0 Å². The van der Waals surface area contributed by atoms with Gasteiger partial charge >= 0.3 is 5.97 Å². The Bertz CT molecular complexity index is 875. The van der Waals surface area contributed by atoms with E-state index in [1.165, 1.54) is 19.2 Å². The third kappa shape index (κ3) is 3.86. The van der Waals surface area contributed by atoms with Gasteiger partial charge in [0.05, 0.1) is 15.6 Å². The van der Waals surface area contributed by atoms with Crippen LogP contribution in [0.25, 0.3) is 0 Å². The van der Waals surface area contributed by atoms with Gasteiger partial charge in [0.1, 0.15) is 0 Å². The van der Waals surface area contributed by atoms with Crippen molar-refractivity contribution in [2.45, 2.75) is 45.8 Å². The van der Waals surface area contributed by atoms with Gasteiger partial charge in [0.2, 0.25) is 0 Å². The van der Waals surface area contributed by atoms with Crippen molar-refractivity contribution < 1.29 is 14.3 Å². The number of aromatic nitrogens is 2. The minimum Gasteiger partial charge on any atom is -0.449 e. The summed E-state index contributed by atoms with van der Waals surface area (Å²) in [6.45, 7) is 5.35. The van der Waals surface area contributed by atoms with Crippen LogP contribution in [0.2, 0.25) is 10.0 Å². The number of hydrogen-bond acceptors (Lipinski definition) is 4. The number of pyridine rings is 1. The van der Waals surface area contributed by atoms with Gasteiger partial charge in [-0.2, -0.15) is 0 Å². The third-order valence-electron chi connectivity index (χ3n) is 4.32. The zero-order chi connectivity index (χ0) is 19.0. The SMILES string of the molecule is Cc1cc(C(=O)O[C@@H](C)C(=O)Nc2ncc(Cl)cc2Cl)c(C)n1C1CC1. The number of hydrogen-bond donors (Lipinski definition) is 1. The monoisotopic (exact) mass is 395 g/mol. The average molecular weight is 396 g/mol. The average Bonchev–Trinajstić information content (AvgIpc) is 3.35. The van der Waals surface area contributed by atoms with Crippen molar-refractivity contribution in [3.63, 3.8) is 0 Å². The highest BCUT2D eigenvalue weighted by Crippen LogP contribution is 2.38. The molecule has 1 aliphatic carbocycles. The molecule has 0 bridgehead atoms. The number of carbonyl (C=O) groups is 2. The lowest BCUT2D eigenvalue weighted by atomic mass is 10.2. The lowest BCUT2D eigenvalue weighted by molar-refractivity contribution is -0.123.